The minimum atomic E-state index is -1.02. The molecule has 0 aromatic heterocycles. The fourth-order valence-corrected chi connectivity index (χ4v) is 6.42. The maximum atomic E-state index is 13.8. The van der Waals surface area contributed by atoms with Crippen LogP contribution in [0.25, 0.3) is 0 Å². The Morgan fingerprint density at radius 2 is 1.47 bits per heavy atom. The molecule has 1 fully saturated rings. The minimum Gasteiger partial charge on any atom is -0.444 e. The molecule has 2 atom stereocenters. The highest BCUT2D eigenvalue weighted by atomic mass is 16.7. The summed E-state index contributed by atoms with van der Waals surface area (Å²) in [4.78, 5) is 70.6. The maximum Gasteiger partial charge on any atom is 0.407 e. The topological polar surface area (TPSA) is 143 Å². The van der Waals surface area contributed by atoms with Crippen LogP contribution >= 0.6 is 0 Å². The fourth-order valence-electron chi connectivity index (χ4n) is 6.42. The average molecular weight is 685 g/mol. The van der Waals surface area contributed by atoms with Crippen molar-refractivity contribution in [3.05, 3.63) is 34.9 Å². The van der Waals surface area contributed by atoms with Gasteiger partial charge in [0.1, 0.15) is 17.7 Å². The summed E-state index contributed by atoms with van der Waals surface area (Å²) in [6, 6.07) is 4.18. The van der Waals surface area contributed by atoms with E-state index >= 15 is 0 Å². The number of fused-ring (bicyclic) bond motifs is 1. The van der Waals surface area contributed by atoms with Crippen LogP contribution in [0.15, 0.2) is 18.2 Å². The molecular weight excluding hydrogens is 624 g/mol. The molecule has 2 aliphatic rings. The first-order chi connectivity index (χ1) is 23.5. The first kappa shape index (κ1) is 40.1. The first-order valence-electron chi connectivity index (χ1n) is 18.7. The van der Waals surface area contributed by atoms with Crippen molar-refractivity contribution in [3.8, 4) is 0 Å². The van der Waals surface area contributed by atoms with E-state index in [-0.39, 0.29) is 24.0 Å². The number of alkyl carbamates (subject to hydrolysis) is 1. The number of nitrogens with one attached hydrogen (secondary N) is 3. The molecule has 0 radical (unpaired) electrons. The van der Waals surface area contributed by atoms with Gasteiger partial charge in [0.25, 0.3) is 11.8 Å². The highest BCUT2D eigenvalue weighted by Crippen LogP contribution is 2.35. The summed E-state index contributed by atoms with van der Waals surface area (Å²) in [7, 11) is 0. The van der Waals surface area contributed by atoms with E-state index in [9.17, 15) is 24.0 Å². The predicted molar refractivity (Wildman–Crippen MR) is 189 cm³/mol. The number of amides is 5. The van der Waals surface area contributed by atoms with E-state index < -0.39 is 47.5 Å². The summed E-state index contributed by atoms with van der Waals surface area (Å²) in [5, 5.41) is 5.03. The number of rotatable bonds is 23. The molecule has 1 aromatic carbocycles. The third-order valence-corrected chi connectivity index (χ3v) is 9.02. The van der Waals surface area contributed by atoms with Gasteiger partial charge in [0.2, 0.25) is 11.8 Å². The van der Waals surface area contributed by atoms with Gasteiger partial charge in [-0.1, -0.05) is 103 Å². The molecule has 2 heterocycles. The van der Waals surface area contributed by atoms with Gasteiger partial charge in [-0.15, -0.1) is 0 Å². The van der Waals surface area contributed by atoms with E-state index in [1.54, 1.807) is 12.1 Å². The lowest BCUT2D eigenvalue weighted by atomic mass is 9.95. The molecule has 11 nitrogen and oxygen atoms in total. The van der Waals surface area contributed by atoms with Gasteiger partial charge in [0, 0.05) is 19.5 Å². The predicted octanol–water partition coefficient (Wildman–Crippen LogP) is 7.44. The largest absolute Gasteiger partial charge is 0.444 e. The Morgan fingerprint density at radius 3 is 2.10 bits per heavy atom. The van der Waals surface area contributed by atoms with Crippen LogP contribution in [0.5, 0.6) is 0 Å². The number of ether oxygens (including phenoxy) is 1. The fraction of sp³-hybridized carbons (Fsp3) is 0.711. The number of carbonyl (C=O) groups excluding carboxylic acids is 5. The van der Waals surface area contributed by atoms with Crippen LogP contribution in [-0.2, 0) is 19.2 Å². The number of hydrogen-bond donors (Lipinski definition) is 3. The summed E-state index contributed by atoms with van der Waals surface area (Å²) in [5.74, 6) is -2.07. The highest BCUT2D eigenvalue weighted by molar-refractivity contribution is 6.24. The van der Waals surface area contributed by atoms with E-state index in [1.807, 2.05) is 26.8 Å². The summed E-state index contributed by atoms with van der Waals surface area (Å²) < 4.78 is 5.27. The Balaban J connectivity index is 1.54. The molecule has 1 aromatic rings. The highest BCUT2D eigenvalue weighted by Gasteiger charge is 2.46. The minimum absolute atomic E-state index is 0.0718. The Bertz CT molecular complexity index is 1240. The Morgan fingerprint density at radius 1 is 0.857 bits per heavy atom. The van der Waals surface area contributed by atoms with E-state index in [4.69, 9.17) is 9.57 Å². The third kappa shape index (κ3) is 13.5. The van der Waals surface area contributed by atoms with Crippen LogP contribution in [0.1, 0.15) is 176 Å². The zero-order valence-electron chi connectivity index (χ0n) is 30.3. The van der Waals surface area contributed by atoms with E-state index in [0.29, 0.717) is 25.1 Å². The number of hydrogen-bond acceptors (Lipinski definition) is 8. The van der Waals surface area contributed by atoms with Crippen molar-refractivity contribution in [1.82, 2.24) is 21.0 Å². The van der Waals surface area contributed by atoms with E-state index in [1.165, 1.54) is 57.8 Å². The van der Waals surface area contributed by atoms with Crippen molar-refractivity contribution in [2.24, 2.45) is 0 Å². The molecule has 2 aliphatic heterocycles. The normalized spacial score (nSPS) is 16.9. The van der Waals surface area contributed by atoms with Gasteiger partial charge in [-0.2, -0.15) is 0 Å². The molecular formula is C38H60N4O7. The number of nitrogens with zero attached hydrogens (tertiary/aromatic N) is 1. The Hall–Kier alpha value is -3.31. The molecule has 0 saturated carbocycles. The number of imide groups is 2. The molecule has 11 heteroatoms. The summed E-state index contributed by atoms with van der Waals surface area (Å²) in [6.45, 7) is 8.83. The number of carbonyl (C=O) groups is 5. The van der Waals surface area contributed by atoms with Gasteiger partial charge in [-0.25, -0.2) is 10.3 Å². The van der Waals surface area contributed by atoms with Crippen molar-refractivity contribution >= 4 is 29.7 Å². The van der Waals surface area contributed by atoms with Crippen molar-refractivity contribution in [2.45, 2.75) is 161 Å². The van der Waals surface area contributed by atoms with Crippen LogP contribution in [0.2, 0.25) is 0 Å². The van der Waals surface area contributed by atoms with E-state index in [0.717, 1.165) is 43.4 Å². The van der Waals surface area contributed by atoms with Crippen LogP contribution in [0.4, 0.5) is 4.79 Å². The van der Waals surface area contributed by atoms with Gasteiger partial charge in [-0.05, 0) is 58.1 Å². The smallest absolute Gasteiger partial charge is 0.407 e. The SMILES string of the molecule is CCCCCCCCCCCCCCC(ONCCCCCNC(=O)OC(C)(C)C)c1cccc2c1C(=O)N(C1CCC(=O)NC1=O)C2=O. The summed E-state index contributed by atoms with van der Waals surface area (Å²) in [5.41, 5.74) is 3.71. The molecule has 0 spiro atoms. The molecule has 5 amide bonds. The lowest BCUT2D eigenvalue weighted by Crippen LogP contribution is -2.54. The molecule has 0 bridgehead atoms. The molecule has 1 saturated heterocycles. The molecule has 3 N–H and O–H groups in total. The molecule has 49 heavy (non-hydrogen) atoms. The first-order valence-corrected chi connectivity index (χ1v) is 18.7. The number of hydroxylamine groups is 1. The van der Waals surface area contributed by atoms with Gasteiger partial charge in [0.15, 0.2) is 0 Å². The quantitative estimate of drug-likeness (QED) is 0.0613. The third-order valence-electron chi connectivity index (χ3n) is 9.02. The zero-order valence-corrected chi connectivity index (χ0v) is 30.3. The Labute approximate surface area is 292 Å². The summed E-state index contributed by atoms with van der Waals surface area (Å²) >= 11 is 0. The maximum absolute atomic E-state index is 13.8. The van der Waals surface area contributed by atoms with Crippen molar-refractivity contribution in [3.63, 3.8) is 0 Å². The van der Waals surface area contributed by atoms with Gasteiger partial charge in [0.05, 0.1) is 11.1 Å². The average Bonchev–Trinajstić information content (AvgIpc) is 3.30. The van der Waals surface area contributed by atoms with Crippen molar-refractivity contribution in [1.29, 1.82) is 0 Å². The standard InChI is InChI=1S/C38H60N4O7/c1-5-6-7-8-9-10-11-12-13-14-15-17-23-31(49-40-27-19-16-18-26-39-37(47)48-38(2,3)4)28-21-20-22-29-33(28)36(46)42(35(29)45)30-24-25-32(43)41-34(30)44/h20-22,30-31,40H,5-19,23-27H2,1-4H3,(H,39,47)(H,41,43,44). The number of unbranched alkanes of at least 4 members (excludes halogenated alkanes) is 13. The van der Waals surface area contributed by atoms with Gasteiger partial charge < -0.3 is 10.1 Å². The number of piperidine rings is 1. The number of benzene rings is 1. The molecule has 2 unspecified atom stereocenters. The zero-order chi connectivity index (χ0) is 35.6. The molecule has 274 valence electrons. The lowest BCUT2D eigenvalue weighted by molar-refractivity contribution is -0.136. The van der Waals surface area contributed by atoms with Crippen molar-refractivity contribution < 1.29 is 33.5 Å². The van der Waals surface area contributed by atoms with Crippen LogP contribution in [-0.4, -0.2) is 59.4 Å². The van der Waals surface area contributed by atoms with Crippen LogP contribution in [0, 0.1) is 0 Å². The van der Waals surface area contributed by atoms with Crippen molar-refractivity contribution in [2.75, 3.05) is 13.1 Å². The molecule has 3 rings (SSSR count). The van der Waals surface area contributed by atoms with Crippen LogP contribution in [0.3, 0.4) is 0 Å². The monoisotopic (exact) mass is 684 g/mol. The van der Waals surface area contributed by atoms with Gasteiger partial charge in [-0.3, -0.25) is 34.2 Å². The van der Waals surface area contributed by atoms with E-state index in [2.05, 4.69) is 23.0 Å². The van der Waals surface area contributed by atoms with Crippen LogP contribution < -0.4 is 16.1 Å². The lowest BCUT2D eigenvalue weighted by Gasteiger charge is -2.28. The summed E-state index contributed by atoms with van der Waals surface area (Å²) in [6.07, 6.45) is 17.2. The van der Waals surface area contributed by atoms with Gasteiger partial charge >= 0.3 is 6.09 Å². The second-order valence-corrected chi connectivity index (χ2v) is 14.4. The second-order valence-electron chi connectivity index (χ2n) is 14.4. The molecule has 0 aliphatic carbocycles. The second kappa shape index (κ2) is 21.0. The Kier molecular flexibility index (Phi) is 17.2.